The summed E-state index contributed by atoms with van der Waals surface area (Å²) in [6.07, 6.45) is 3.36. The topological polar surface area (TPSA) is 55.2 Å². The van der Waals surface area contributed by atoms with E-state index in [0.29, 0.717) is 25.3 Å². The summed E-state index contributed by atoms with van der Waals surface area (Å²) in [5.74, 6) is 0.726. The first-order valence-electron chi connectivity index (χ1n) is 9.60. The molecule has 3 heterocycles. The van der Waals surface area contributed by atoms with Gasteiger partial charge in [-0.1, -0.05) is 30.3 Å². The van der Waals surface area contributed by atoms with Crippen LogP contribution in [0.15, 0.2) is 41.2 Å². The van der Waals surface area contributed by atoms with Crippen LogP contribution in [0.3, 0.4) is 0 Å². The second-order valence-electron chi connectivity index (χ2n) is 7.67. The summed E-state index contributed by atoms with van der Waals surface area (Å²) in [5, 5.41) is 0. The summed E-state index contributed by atoms with van der Waals surface area (Å²) >= 11 is 0. The van der Waals surface area contributed by atoms with E-state index < -0.39 is 6.67 Å². The molecule has 1 fully saturated rings. The molecule has 4 rings (SSSR count). The molecule has 2 aliphatic heterocycles. The van der Waals surface area contributed by atoms with Gasteiger partial charge in [-0.15, -0.1) is 0 Å². The predicted octanol–water partition coefficient (Wildman–Crippen LogP) is 2.82. The molecule has 1 atom stereocenters. The molecule has 0 bridgehead atoms. The fourth-order valence-corrected chi connectivity index (χ4v) is 4.39. The Morgan fingerprint density at radius 3 is 2.70 bits per heavy atom. The van der Waals surface area contributed by atoms with Crippen molar-refractivity contribution < 1.29 is 9.18 Å². The van der Waals surface area contributed by atoms with E-state index in [1.165, 1.54) is 0 Å². The third-order valence-corrected chi connectivity index (χ3v) is 6.00. The van der Waals surface area contributed by atoms with Crippen LogP contribution in [0.1, 0.15) is 31.5 Å². The van der Waals surface area contributed by atoms with Crippen LogP contribution in [-0.4, -0.2) is 40.1 Å². The van der Waals surface area contributed by atoms with Crippen LogP contribution in [0.2, 0.25) is 0 Å². The molecule has 2 aliphatic rings. The van der Waals surface area contributed by atoms with Gasteiger partial charge in [-0.2, -0.15) is 0 Å². The monoisotopic (exact) mass is 369 g/mol. The van der Waals surface area contributed by atoms with Crippen molar-refractivity contribution in [2.45, 2.75) is 38.6 Å². The van der Waals surface area contributed by atoms with Gasteiger partial charge < -0.3 is 4.90 Å². The lowest BCUT2D eigenvalue weighted by atomic mass is 9.80. The third-order valence-electron chi connectivity index (χ3n) is 6.00. The largest absolute Gasteiger partial charge is 0.342 e. The number of alkyl halides is 1. The molecule has 142 valence electrons. The van der Waals surface area contributed by atoms with Gasteiger partial charge in [0.15, 0.2) is 0 Å². The van der Waals surface area contributed by atoms with Crippen LogP contribution in [-0.2, 0) is 17.8 Å². The molecular weight excluding hydrogens is 345 g/mol. The number of fused-ring (bicyclic) bond motifs is 1. The van der Waals surface area contributed by atoms with Crippen molar-refractivity contribution in [3.05, 3.63) is 52.6 Å². The number of carbonyl (C=O) groups is 1. The summed E-state index contributed by atoms with van der Waals surface area (Å²) in [6.45, 7) is 1.38. The Morgan fingerprint density at radius 1 is 1.15 bits per heavy atom. The molecule has 6 heteroatoms. The maximum Gasteiger partial charge on any atom is 0.254 e. The lowest BCUT2D eigenvalue weighted by Crippen LogP contribution is -2.32. The van der Waals surface area contributed by atoms with Crippen molar-refractivity contribution in [3.8, 4) is 11.3 Å². The zero-order chi connectivity index (χ0) is 18.9. The Balaban J connectivity index is 1.56. The number of nitrogens with zero attached hydrogens (tertiary/aromatic N) is 3. The zero-order valence-corrected chi connectivity index (χ0v) is 15.4. The molecule has 2 aromatic rings. The van der Waals surface area contributed by atoms with Gasteiger partial charge in [0, 0.05) is 37.7 Å². The number of hydrogen-bond acceptors (Lipinski definition) is 3. The van der Waals surface area contributed by atoms with Gasteiger partial charge in [-0.05, 0) is 24.7 Å². The highest BCUT2D eigenvalue weighted by atomic mass is 19.1. The van der Waals surface area contributed by atoms with Crippen molar-refractivity contribution in [2.75, 3.05) is 19.8 Å². The van der Waals surface area contributed by atoms with E-state index in [-0.39, 0.29) is 23.3 Å². The maximum atomic E-state index is 12.7. The van der Waals surface area contributed by atoms with E-state index in [4.69, 9.17) is 4.98 Å². The van der Waals surface area contributed by atoms with E-state index in [1.54, 1.807) is 15.5 Å². The van der Waals surface area contributed by atoms with Crippen LogP contribution in [0.5, 0.6) is 0 Å². The number of carbonyl (C=O) groups excluding carboxylic acids is 1. The highest BCUT2D eigenvalue weighted by Gasteiger charge is 2.40. The number of amides is 1. The molecule has 27 heavy (non-hydrogen) atoms. The van der Waals surface area contributed by atoms with Gasteiger partial charge >= 0.3 is 0 Å². The number of halogens is 1. The van der Waals surface area contributed by atoms with Crippen LogP contribution < -0.4 is 5.56 Å². The Hall–Kier alpha value is -2.50. The molecular formula is C21H24FN3O2. The van der Waals surface area contributed by atoms with E-state index in [9.17, 15) is 14.0 Å². The summed E-state index contributed by atoms with van der Waals surface area (Å²) in [6, 6.07) is 11.4. The Kier molecular flexibility index (Phi) is 4.81. The van der Waals surface area contributed by atoms with Crippen molar-refractivity contribution in [1.29, 1.82) is 0 Å². The van der Waals surface area contributed by atoms with Crippen molar-refractivity contribution in [3.63, 3.8) is 0 Å². The second-order valence-corrected chi connectivity index (χ2v) is 7.67. The summed E-state index contributed by atoms with van der Waals surface area (Å²) in [5.41, 5.74) is 1.66. The molecule has 0 aliphatic carbocycles. The minimum Gasteiger partial charge on any atom is -0.342 e. The van der Waals surface area contributed by atoms with E-state index in [0.717, 1.165) is 37.1 Å². The van der Waals surface area contributed by atoms with E-state index >= 15 is 0 Å². The summed E-state index contributed by atoms with van der Waals surface area (Å²) < 4.78 is 14.3. The first kappa shape index (κ1) is 17.9. The first-order chi connectivity index (χ1) is 13.1. The fourth-order valence-electron chi connectivity index (χ4n) is 4.39. The molecule has 1 unspecified atom stereocenters. The van der Waals surface area contributed by atoms with Gasteiger partial charge in [0.1, 0.15) is 5.82 Å². The lowest BCUT2D eigenvalue weighted by Gasteiger charge is -2.27. The predicted molar refractivity (Wildman–Crippen MR) is 101 cm³/mol. The number of hydrogen-bond donors (Lipinski definition) is 0. The lowest BCUT2D eigenvalue weighted by molar-refractivity contribution is -0.130. The van der Waals surface area contributed by atoms with E-state index in [1.807, 2.05) is 30.3 Å². The number of aryl methyl sites for hydroxylation is 1. The normalized spacial score (nSPS) is 21.9. The van der Waals surface area contributed by atoms with Gasteiger partial charge in [0.05, 0.1) is 18.8 Å². The van der Waals surface area contributed by atoms with E-state index in [2.05, 4.69) is 0 Å². The molecule has 0 radical (unpaired) electrons. The van der Waals surface area contributed by atoms with Crippen molar-refractivity contribution in [2.24, 2.45) is 5.41 Å². The van der Waals surface area contributed by atoms with Crippen LogP contribution in [0.25, 0.3) is 11.3 Å². The second kappa shape index (κ2) is 7.25. The van der Waals surface area contributed by atoms with Gasteiger partial charge in [-0.3, -0.25) is 18.5 Å². The molecule has 1 amide bonds. The minimum absolute atomic E-state index is 0.0129. The standard InChI is InChI=1S/C21H24FN3O2/c22-11-7-19(26)24-12-9-21(15-24)8-6-18-23-17(16-4-2-1-3-5-16)14-20(27)25(18)13-10-21/h1-5,14H,6-13,15H2. The third kappa shape index (κ3) is 3.53. The molecule has 0 saturated carbocycles. The average Bonchev–Trinajstić information content (AvgIpc) is 3.01. The highest BCUT2D eigenvalue weighted by molar-refractivity contribution is 5.76. The molecule has 1 saturated heterocycles. The Bertz CT molecular complexity index is 896. The smallest absolute Gasteiger partial charge is 0.254 e. The summed E-state index contributed by atoms with van der Waals surface area (Å²) in [4.78, 5) is 31.3. The van der Waals surface area contributed by atoms with Crippen LogP contribution in [0.4, 0.5) is 4.39 Å². The van der Waals surface area contributed by atoms with Crippen molar-refractivity contribution in [1.82, 2.24) is 14.5 Å². The summed E-state index contributed by atoms with van der Waals surface area (Å²) in [7, 11) is 0. The SMILES string of the molecule is O=C(CCF)N1CCC2(CCc3nc(-c4ccccc4)cc(=O)n3CC2)C1. The van der Waals surface area contributed by atoms with Crippen LogP contribution in [0, 0.1) is 5.41 Å². The van der Waals surface area contributed by atoms with Crippen molar-refractivity contribution >= 4 is 5.91 Å². The number of benzene rings is 1. The van der Waals surface area contributed by atoms with Crippen LogP contribution >= 0.6 is 0 Å². The maximum absolute atomic E-state index is 12.7. The zero-order valence-electron chi connectivity index (χ0n) is 15.4. The minimum atomic E-state index is -0.602. The number of rotatable bonds is 3. The average molecular weight is 369 g/mol. The Labute approximate surface area is 157 Å². The molecule has 1 aromatic heterocycles. The molecule has 1 spiro atoms. The molecule has 5 nitrogen and oxygen atoms in total. The van der Waals surface area contributed by atoms with Gasteiger partial charge in [-0.25, -0.2) is 4.98 Å². The number of aromatic nitrogens is 2. The fraction of sp³-hybridized carbons (Fsp3) is 0.476. The highest BCUT2D eigenvalue weighted by Crippen LogP contribution is 2.40. The van der Waals surface area contributed by atoms with Gasteiger partial charge in [0.2, 0.25) is 5.91 Å². The molecule has 0 N–H and O–H groups in total. The quantitative estimate of drug-likeness (QED) is 0.836. The first-order valence-corrected chi connectivity index (χ1v) is 9.60. The number of likely N-dealkylation sites (tertiary alicyclic amines) is 1. The molecule has 1 aromatic carbocycles. The van der Waals surface area contributed by atoms with Gasteiger partial charge in [0.25, 0.3) is 5.56 Å². The Morgan fingerprint density at radius 2 is 1.93 bits per heavy atom.